The maximum atomic E-state index is 6.48. The van der Waals surface area contributed by atoms with Crippen LogP contribution in [-0.4, -0.2) is 4.98 Å². The van der Waals surface area contributed by atoms with Crippen LogP contribution in [0.25, 0.3) is 76.8 Å². The fourth-order valence-electron chi connectivity index (χ4n) is 7.05. The molecule has 0 aliphatic heterocycles. The molecule has 0 fully saturated rings. The van der Waals surface area contributed by atoms with Crippen molar-refractivity contribution in [1.29, 1.82) is 0 Å². The molecule has 0 bridgehead atoms. The van der Waals surface area contributed by atoms with Crippen LogP contribution in [0.15, 0.2) is 167 Å². The first kappa shape index (κ1) is 25.9. The molecule has 8 aromatic carbocycles. The highest BCUT2D eigenvalue weighted by Crippen LogP contribution is 2.45. The maximum Gasteiger partial charge on any atom is 0.227 e. The summed E-state index contributed by atoms with van der Waals surface area (Å²) in [6.45, 7) is 0. The highest BCUT2D eigenvalue weighted by molar-refractivity contribution is 6.19. The summed E-state index contributed by atoms with van der Waals surface area (Å²) in [6.07, 6.45) is 0. The summed E-state index contributed by atoms with van der Waals surface area (Å²) in [4.78, 5) is 7.20. The number of rotatable bonds is 4. The summed E-state index contributed by atoms with van der Waals surface area (Å²) < 4.78 is 12.8. The summed E-state index contributed by atoms with van der Waals surface area (Å²) in [5.41, 5.74) is 7.56. The number of nitrogens with zero attached hydrogens (tertiary/aromatic N) is 2. The monoisotopic (exact) mass is 602 g/mol. The molecule has 4 nitrogen and oxygen atoms in total. The van der Waals surface area contributed by atoms with Crippen molar-refractivity contribution >= 4 is 82.4 Å². The molecule has 0 radical (unpaired) electrons. The minimum absolute atomic E-state index is 0.629. The minimum Gasteiger partial charge on any atom is -0.456 e. The van der Waals surface area contributed by atoms with Crippen molar-refractivity contribution in [3.63, 3.8) is 0 Å². The molecular formula is C43H26N2O2. The van der Waals surface area contributed by atoms with Gasteiger partial charge < -0.3 is 13.7 Å². The SMILES string of the molecule is c1ccc(-c2nc3ccc4ccc5cc(N(c6ccc7ccccc7c6)c6cccc7oc8ccccc8c67)ccc5c4c3o2)cc1. The Hall–Kier alpha value is -6.39. The largest absolute Gasteiger partial charge is 0.456 e. The normalized spacial score (nSPS) is 11.8. The number of anilines is 3. The molecule has 2 aromatic heterocycles. The second-order valence-electron chi connectivity index (χ2n) is 12.0. The van der Waals surface area contributed by atoms with Crippen LogP contribution >= 0.6 is 0 Å². The lowest BCUT2D eigenvalue weighted by atomic mass is 9.99. The van der Waals surface area contributed by atoms with Crippen molar-refractivity contribution in [2.75, 3.05) is 4.90 Å². The summed E-state index contributed by atoms with van der Waals surface area (Å²) in [6, 6.07) is 55.1. The zero-order valence-electron chi connectivity index (χ0n) is 25.2. The molecular weight excluding hydrogens is 576 g/mol. The van der Waals surface area contributed by atoms with Gasteiger partial charge in [-0.05, 0) is 87.6 Å². The maximum absolute atomic E-state index is 6.48. The molecule has 4 heteroatoms. The molecule has 47 heavy (non-hydrogen) atoms. The molecule has 2 heterocycles. The predicted octanol–water partition coefficient (Wildman–Crippen LogP) is 12.3. The van der Waals surface area contributed by atoms with Crippen molar-refractivity contribution in [2.45, 2.75) is 0 Å². The second-order valence-corrected chi connectivity index (χ2v) is 12.0. The molecule has 0 saturated carbocycles. The summed E-state index contributed by atoms with van der Waals surface area (Å²) >= 11 is 0. The van der Waals surface area contributed by atoms with E-state index in [4.69, 9.17) is 13.8 Å². The average Bonchev–Trinajstić information content (AvgIpc) is 3.74. The third-order valence-corrected chi connectivity index (χ3v) is 9.23. The first-order valence-corrected chi connectivity index (χ1v) is 15.8. The van der Waals surface area contributed by atoms with Gasteiger partial charge in [0.05, 0.1) is 11.1 Å². The first-order chi connectivity index (χ1) is 23.3. The summed E-state index contributed by atoms with van der Waals surface area (Å²) in [5.74, 6) is 0.629. The molecule has 0 aliphatic rings. The number of aromatic nitrogens is 1. The van der Waals surface area contributed by atoms with Gasteiger partial charge >= 0.3 is 0 Å². The first-order valence-electron chi connectivity index (χ1n) is 15.8. The van der Waals surface area contributed by atoms with Gasteiger partial charge in [0.15, 0.2) is 5.58 Å². The van der Waals surface area contributed by atoms with Crippen LogP contribution in [0.1, 0.15) is 0 Å². The number of para-hydroxylation sites is 1. The zero-order valence-corrected chi connectivity index (χ0v) is 25.2. The van der Waals surface area contributed by atoms with Crippen LogP contribution in [0.5, 0.6) is 0 Å². The van der Waals surface area contributed by atoms with Gasteiger partial charge in [0.25, 0.3) is 0 Å². The molecule has 0 N–H and O–H groups in total. The molecule has 10 aromatic rings. The number of hydrogen-bond acceptors (Lipinski definition) is 4. The van der Waals surface area contributed by atoms with Crippen LogP contribution in [0, 0.1) is 0 Å². The number of furan rings is 1. The quantitative estimate of drug-likeness (QED) is 0.188. The van der Waals surface area contributed by atoms with E-state index in [9.17, 15) is 0 Å². The Labute approximate surface area is 269 Å². The molecule has 10 rings (SSSR count). The van der Waals surface area contributed by atoms with Gasteiger partial charge in [0.1, 0.15) is 16.7 Å². The number of hydrogen-bond donors (Lipinski definition) is 0. The van der Waals surface area contributed by atoms with E-state index in [1.165, 1.54) is 10.8 Å². The predicted molar refractivity (Wildman–Crippen MR) is 194 cm³/mol. The van der Waals surface area contributed by atoms with Gasteiger partial charge in [-0.25, -0.2) is 4.98 Å². The van der Waals surface area contributed by atoms with Crippen molar-refractivity contribution in [3.05, 3.63) is 158 Å². The average molecular weight is 603 g/mol. The Kier molecular flexibility index (Phi) is 5.54. The Morgan fingerprint density at radius 2 is 1.15 bits per heavy atom. The molecule has 0 unspecified atom stereocenters. The molecule has 0 aliphatic carbocycles. The number of oxazole rings is 1. The van der Waals surface area contributed by atoms with E-state index in [-0.39, 0.29) is 0 Å². The highest BCUT2D eigenvalue weighted by Gasteiger charge is 2.21. The fourth-order valence-corrected chi connectivity index (χ4v) is 7.05. The Balaban J connectivity index is 1.22. The number of benzene rings is 8. The Morgan fingerprint density at radius 1 is 0.447 bits per heavy atom. The van der Waals surface area contributed by atoms with E-state index in [1.807, 2.05) is 48.5 Å². The van der Waals surface area contributed by atoms with E-state index in [1.54, 1.807) is 0 Å². The van der Waals surface area contributed by atoms with Crippen LogP contribution in [0.3, 0.4) is 0 Å². The second kappa shape index (κ2) is 10.1. The molecule has 0 atom stereocenters. The van der Waals surface area contributed by atoms with Crippen LogP contribution in [-0.2, 0) is 0 Å². The molecule has 0 amide bonds. The Morgan fingerprint density at radius 3 is 2.06 bits per heavy atom. The van der Waals surface area contributed by atoms with Crippen LogP contribution in [0.2, 0.25) is 0 Å². The highest BCUT2D eigenvalue weighted by atomic mass is 16.3. The number of fused-ring (bicyclic) bond motifs is 9. The van der Waals surface area contributed by atoms with Gasteiger partial charge in [-0.1, -0.05) is 97.1 Å². The molecule has 220 valence electrons. The van der Waals surface area contributed by atoms with Crippen LogP contribution < -0.4 is 4.90 Å². The van der Waals surface area contributed by atoms with E-state index in [0.29, 0.717) is 5.89 Å². The van der Waals surface area contributed by atoms with Crippen molar-refractivity contribution in [3.8, 4) is 11.5 Å². The van der Waals surface area contributed by atoms with E-state index in [2.05, 4.69) is 114 Å². The third kappa shape index (κ3) is 4.05. The van der Waals surface area contributed by atoms with E-state index < -0.39 is 0 Å². The van der Waals surface area contributed by atoms with Crippen molar-refractivity contribution in [2.24, 2.45) is 0 Å². The van der Waals surface area contributed by atoms with E-state index in [0.717, 1.165) is 77.2 Å². The third-order valence-electron chi connectivity index (χ3n) is 9.23. The fraction of sp³-hybridized carbons (Fsp3) is 0. The Bertz CT molecular complexity index is 2810. The zero-order chi connectivity index (χ0) is 30.9. The minimum atomic E-state index is 0.629. The summed E-state index contributed by atoms with van der Waals surface area (Å²) in [5, 5.41) is 9.01. The topological polar surface area (TPSA) is 42.4 Å². The van der Waals surface area contributed by atoms with Crippen LogP contribution in [0.4, 0.5) is 17.1 Å². The smallest absolute Gasteiger partial charge is 0.227 e. The summed E-state index contributed by atoms with van der Waals surface area (Å²) in [7, 11) is 0. The lowest BCUT2D eigenvalue weighted by molar-refractivity contribution is 0.623. The van der Waals surface area contributed by atoms with Gasteiger partial charge in [-0.2, -0.15) is 0 Å². The van der Waals surface area contributed by atoms with Gasteiger partial charge in [0, 0.05) is 27.7 Å². The molecule has 0 spiro atoms. The van der Waals surface area contributed by atoms with E-state index >= 15 is 0 Å². The lowest BCUT2D eigenvalue weighted by Crippen LogP contribution is -2.10. The van der Waals surface area contributed by atoms with Gasteiger partial charge in [-0.3, -0.25) is 0 Å². The standard InChI is InChI=1S/C43H26N2O2/c1-2-10-29(11-3-1)43-44-36-24-20-28-17-18-31-26-33(22-23-34(31)40(28)42(36)47-43)45(32-21-19-27-9-4-5-12-30(27)25-32)37-14-8-16-39-41(37)35-13-6-7-15-38(35)46-39/h1-26H. The lowest BCUT2D eigenvalue weighted by Gasteiger charge is -2.27. The van der Waals surface area contributed by atoms with Crippen molar-refractivity contribution in [1.82, 2.24) is 4.98 Å². The van der Waals surface area contributed by atoms with Crippen molar-refractivity contribution < 1.29 is 8.83 Å². The molecule has 0 saturated heterocycles. The van der Waals surface area contributed by atoms with Gasteiger partial charge in [-0.15, -0.1) is 0 Å². The van der Waals surface area contributed by atoms with Gasteiger partial charge in [0.2, 0.25) is 5.89 Å².